The molecule has 0 aliphatic heterocycles. The number of hydrogen-bond acceptors (Lipinski definition) is 3. The highest BCUT2D eigenvalue weighted by molar-refractivity contribution is 6.33. The van der Waals surface area contributed by atoms with Gasteiger partial charge >= 0.3 is 0 Å². The number of rotatable bonds is 7. The van der Waals surface area contributed by atoms with Crippen molar-refractivity contribution in [3.05, 3.63) is 107 Å². The van der Waals surface area contributed by atoms with Crippen LogP contribution in [0.2, 0.25) is 5.02 Å². The van der Waals surface area contributed by atoms with Gasteiger partial charge in [0.1, 0.15) is 17.2 Å². The molecule has 5 aromatic rings. The highest BCUT2D eigenvalue weighted by Crippen LogP contribution is 2.38. The Hall–Kier alpha value is -4.42. The molecule has 0 radical (unpaired) electrons. The molecule has 0 aliphatic rings. The summed E-state index contributed by atoms with van der Waals surface area (Å²) in [4.78, 5) is 26.4. The molecule has 202 valence electrons. The molecule has 5 nitrogen and oxygen atoms in total. The van der Waals surface area contributed by atoms with E-state index >= 15 is 0 Å². The van der Waals surface area contributed by atoms with Gasteiger partial charge in [0.05, 0.1) is 5.56 Å². The number of nitrogens with one attached hydrogen (secondary N) is 2. The van der Waals surface area contributed by atoms with E-state index < -0.39 is 0 Å². The lowest BCUT2D eigenvalue weighted by Gasteiger charge is -2.15. The zero-order chi connectivity index (χ0) is 28.4. The number of carbonyl (C=O) groups excluding carboxylic acids is 2. The van der Waals surface area contributed by atoms with Gasteiger partial charge in [-0.2, -0.15) is 0 Å². The molecule has 0 fully saturated rings. The second kappa shape index (κ2) is 11.4. The van der Waals surface area contributed by atoms with Crippen LogP contribution in [0.25, 0.3) is 44.5 Å². The van der Waals surface area contributed by atoms with Crippen LogP contribution in [-0.4, -0.2) is 25.4 Å². The van der Waals surface area contributed by atoms with E-state index in [1.165, 1.54) is 12.1 Å². The number of carbonyl (C=O) groups is 2. The maximum atomic E-state index is 13.6. The van der Waals surface area contributed by atoms with Gasteiger partial charge in [-0.1, -0.05) is 61.8 Å². The Morgan fingerprint density at radius 2 is 1.52 bits per heavy atom. The van der Waals surface area contributed by atoms with Gasteiger partial charge in [0.2, 0.25) is 0 Å². The van der Waals surface area contributed by atoms with Crippen molar-refractivity contribution >= 4 is 34.4 Å². The van der Waals surface area contributed by atoms with E-state index in [0.29, 0.717) is 45.0 Å². The molecule has 1 heterocycles. The predicted octanol–water partition coefficient (Wildman–Crippen LogP) is 7.97. The second-order valence-electron chi connectivity index (χ2n) is 9.95. The maximum absolute atomic E-state index is 13.6. The Kier molecular flexibility index (Phi) is 7.71. The normalized spacial score (nSPS) is 11.2. The third kappa shape index (κ3) is 5.36. The topological polar surface area (TPSA) is 71.3 Å². The Labute approximate surface area is 237 Å². The molecule has 0 unspecified atom stereocenters. The van der Waals surface area contributed by atoms with Crippen LogP contribution in [0.5, 0.6) is 0 Å². The van der Waals surface area contributed by atoms with Crippen molar-refractivity contribution in [2.75, 3.05) is 13.6 Å². The van der Waals surface area contributed by atoms with E-state index in [1.54, 1.807) is 31.3 Å². The number of benzene rings is 4. The molecule has 7 heteroatoms. The molecule has 4 aromatic carbocycles. The van der Waals surface area contributed by atoms with Crippen LogP contribution in [0.1, 0.15) is 34.6 Å². The average molecular weight is 555 g/mol. The highest BCUT2D eigenvalue weighted by Gasteiger charge is 2.23. The van der Waals surface area contributed by atoms with Gasteiger partial charge in [0, 0.05) is 40.7 Å². The van der Waals surface area contributed by atoms with Crippen LogP contribution in [0.15, 0.2) is 89.3 Å². The van der Waals surface area contributed by atoms with Crippen LogP contribution in [0.3, 0.4) is 0 Å². The van der Waals surface area contributed by atoms with Crippen LogP contribution in [0.4, 0.5) is 4.39 Å². The molecule has 2 amide bonds. The fraction of sp³-hybridized carbons (Fsp3) is 0.152. The molecule has 0 atom stereocenters. The van der Waals surface area contributed by atoms with Gasteiger partial charge in [-0.15, -0.1) is 0 Å². The first-order valence-corrected chi connectivity index (χ1v) is 13.4. The number of amides is 2. The summed E-state index contributed by atoms with van der Waals surface area (Å²) in [5.74, 6) is -0.248. The van der Waals surface area contributed by atoms with Gasteiger partial charge in [-0.25, -0.2) is 4.39 Å². The highest BCUT2D eigenvalue weighted by atomic mass is 35.5. The molecule has 0 aliphatic carbocycles. The first-order valence-electron chi connectivity index (χ1n) is 13.0. The van der Waals surface area contributed by atoms with Gasteiger partial charge < -0.3 is 15.1 Å². The van der Waals surface area contributed by atoms with Crippen LogP contribution in [0, 0.1) is 11.7 Å². The molecule has 2 N–H and O–H groups in total. The summed E-state index contributed by atoms with van der Waals surface area (Å²) in [5.41, 5.74) is 5.04. The lowest BCUT2D eigenvalue weighted by Crippen LogP contribution is -2.27. The van der Waals surface area contributed by atoms with E-state index in [9.17, 15) is 14.0 Å². The van der Waals surface area contributed by atoms with E-state index in [4.69, 9.17) is 16.0 Å². The van der Waals surface area contributed by atoms with E-state index in [1.807, 2.05) is 62.4 Å². The van der Waals surface area contributed by atoms with Crippen molar-refractivity contribution in [3.8, 4) is 33.6 Å². The fourth-order valence-electron chi connectivity index (χ4n) is 4.65. The van der Waals surface area contributed by atoms with Crippen molar-refractivity contribution in [1.29, 1.82) is 0 Å². The summed E-state index contributed by atoms with van der Waals surface area (Å²) in [7, 11) is 1.55. The molecule has 0 saturated heterocycles. The fourth-order valence-corrected chi connectivity index (χ4v) is 4.89. The van der Waals surface area contributed by atoms with Crippen LogP contribution in [-0.2, 0) is 0 Å². The van der Waals surface area contributed by atoms with Crippen molar-refractivity contribution < 1.29 is 18.4 Å². The number of hydrogen-bond donors (Lipinski definition) is 2. The summed E-state index contributed by atoms with van der Waals surface area (Å²) in [5, 5.41) is 6.86. The van der Waals surface area contributed by atoms with E-state index in [-0.39, 0.29) is 23.5 Å². The summed E-state index contributed by atoms with van der Waals surface area (Å²) in [6.07, 6.45) is 0. The van der Waals surface area contributed by atoms with Crippen molar-refractivity contribution in [2.24, 2.45) is 5.92 Å². The molecule has 0 spiro atoms. The molecular formula is C33H28ClFN2O3. The number of fused-ring (bicyclic) bond motifs is 1. The van der Waals surface area contributed by atoms with Crippen LogP contribution < -0.4 is 10.6 Å². The molecular weight excluding hydrogens is 527 g/mol. The van der Waals surface area contributed by atoms with Gasteiger partial charge in [-0.3, -0.25) is 9.59 Å². The third-order valence-corrected chi connectivity index (χ3v) is 7.01. The van der Waals surface area contributed by atoms with Gasteiger partial charge in [0.25, 0.3) is 11.8 Å². The zero-order valence-corrected chi connectivity index (χ0v) is 23.1. The smallest absolute Gasteiger partial charge is 0.255 e. The van der Waals surface area contributed by atoms with E-state index in [2.05, 4.69) is 10.6 Å². The third-order valence-electron chi connectivity index (χ3n) is 6.68. The summed E-state index contributed by atoms with van der Waals surface area (Å²) in [6.45, 7) is 4.61. The Morgan fingerprint density at radius 1 is 0.850 bits per heavy atom. The van der Waals surface area contributed by atoms with Crippen molar-refractivity contribution in [3.63, 3.8) is 0 Å². The summed E-state index contributed by atoms with van der Waals surface area (Å²) in [6, 6.07) is 24.5. The lowest BCUT2D eigenvalue weighted by molar-refractivity contribution is 0.0946. The minimum absolute atomic E-state index is 0.195. The van der Waals surface area contributed by atoms with E-state index in [0.717, 1.165) is 22.3 Å². The zero-order valence-electron chi connectivity index (χ0n) is 22.3. The second-order valence-corrected chi connectivity index (χ2v) is 10.4. The largest absolute Gasteiger partial charge is 0.455 e. The molecule has 5 rings (SSSR count). The molecule has 0 bridgehead atoms. The molecule has 40 heavy (non-hydrogen) atoms. The number of furan rings is 1. The minimum atomic E-state index is -0.378. The summed E-state index contributed by atoms with van der Waals surface area (Å²) < 4.78 is 19.6. The predicted molar refractivity (Wildman–Crippen MR) is 158 cm³/mol. The maximum Gasteiger partial charge on any atom is 0.255 e. The average Bonchev–Trinajstić information content (AvgIpc) is 3.34. The first kappa shape index (κ1) is 27.2. The molecule has 1 aromatic heterocycles. The monoisotopic (exact) mass is 554 g/mol. The molecule has 0 saturated carbocycles. The summed E-state index contributed by atoms with van der Waals surface area (Å²) >= 11 is 6.51. The standard InChI is InChI=1S/C33H28ClFN2O3/c1-19(2)18-37-32(38)26-16-21(10-14-24(26)25-6-4-5-7-28(25)34)22-11-15-29-27(17-22)30(33(39)36-3)31(40-29)20-8-12-23(35)13-9-20/h4-17,19H,18H2,1-3H3,(H,36,39)(H,37,38). The van der Waals surface area contributed by atoms with Gasteiger partial charge in [0.15, 0.2) is 0 Å². The lowest BCUT2D eigenvalue weighted by atomic mass is 9.93. The Bertz CT molecular complexity index is 1720. The Balaban J connectivity index is 1.65. The minimum Gasteiger partial charge on any atom is -0.455 e. The Morgan fingerprint density at radius 3 is 2.23 bits per heavy atom. The van der Waals surface area contributed by atoms with Gasteiger partial charge in [-0.05, 0) is 71.1 Å². The number of halogens is 2. The van der Waals surface area contributed by atoms with Crippen molar-refractivity contribution in [2.45, 2.75) is 13.8 Å². The quantitative estimate of drug-likeness (QED) is 0.214. The first-order chi connectivity index (χ1) is 19.3. The van der Waals surface area contributed by atoms with Crippen LogP contribution >= 0.6 is 11.6 Å². The van der Waals surface area contributed by atoms with Crippen molar-refractivity contribution in [1.82, 2.24) is 10.6 Å². The SMILES string of the molecule is CNC(=O)c1c(-c2ccc(F)cc2)oc2ccc(-c3ccc(-c4ccccc4Cl)c(C(=O)NCC(C)C)c3)cc12.